The maximum atomic E-state index is 14.9. The molecule has 1 saturated carbocycles. The first-order valence-corrected chi connectivity index (χ1v) is 14.5. The van der Waals surface area contributed by atoms with E-state index in [1.54, 1.807) is 0 Å². The van der Waals surface area contributed by atoms with Gasteiger partial charge in [-0.2, -0.15) is 5.26 Å². The third kappa shape index (κ3) is 4.78. The maximum absolute atomic E-state index is 14.9. The van der Waals surface area contributed by atoms with Gasteiger partial charge in [-0.1, -0.05) is 18.2 Å². The van der Waals surface area contributed by atoms with E-state index in [4.69, 9.17) is 0 Å². The number of carbonyl (C=O) groups excluding carboxylic acids is 3. The van der Waals surface area contributed by atoms with E-state index in [1.807, 2.05) is 32.0 Å². The van der Waals surface area contributed by atoms with Gasteiger partial charge in [0, 0.05) is 37.2 Å². The molecular weight excluding hydrogens is 571 g/mol. The Bertz CT molecular complexity index is 1730. The van der Waals surface area contributed by atoms with Crippen LogP contribution in [0.1, 0.15) is 59.9 Å². The van der Waals surface area contributed by atoms with Gasteiger partial charge in [-0.15, -0.1) is 0 Å². The Morgan fingerprint density at radius 2 is 1.84 bits per heavy atom. The molecule has 2 fully saturated rings. The van der Waals surface area contributed by atoms with Gasteiger partial charge < -0.3 is 5.32 Å². The molecule has 6 rings (SSSR count). The number of nitriles is 1. The number of aromatic nitrogens is 1. The lowest BCUT2D eigenvalue weighted by molar-refractivity contribution is -0.137. The van der Waals surface area contributed by atoms with Gasteiger partial charge >= 0.3 is 0 Å². The Balaban J connectivity index is 1.53. The van der Waals surface area contributed by atoms with Crippen LogP contribution in [0, 0.1) is 31.0 Å². The minimum atomic E-state index is -2.89. The summed E-state index contributed by atoms with van der Waals surface area (Å²) in [5.74, 6) is -5.09. The third-order valence-electron chi connectivity index (χ3n) is 8.99. The monoisotopic (exact) mass is 601 g/mol. The highest BCUT2D eigenvalue weighted by molar-refractivity contribution is 6.12. The number of rotatable bonds is 6. The summed E-state index contributed by atoms with van der Waals surface area (Å²) in [5.41, 5.74) is 1.66. The minimum absolute atomic E-state index is 0.0108. The van der Waals surface area contributed by atoms with Crippen LogP contribution in [0.15, 0.2) is 54.7 Å². The Hall–Kier alpha value is -4.72. The fourth-order valence-corrected chi connectivity index (χ4v) is 6.94. The zero-order chi connectivity index (χ0) is 31.4. The van der Waals surface area contributed by atoms with Crippen molar-refractivity contribution in [1.82, 2.24) is 10.3 Å². The molecule has 0 bridgehead atoms. The smallest absolute Gasteiger partial charge is 0.252 e. The minimum Gasteiger partial charge on any atom is -0.351 e. The van der Waals surface area contributed by atoms with Gasteiger partial charge in [-0.25, -0.2) is 18.2 Å². The van der Waals surface area contributed by atoms with Gasteiger partial charge in [0.1, 0.15) is 17.7 Å². The van der Waals surface area contributed by atoms with E-state index in [1.165, 1.54) is 46.3 Å². The molecule has 1 unspecified atom stereocenters. The average molecular weight is 602 g/mol. The second-order valence-electron chi connectivity index (χ2n) is 11.8. The van der Waals surface area contributed by atoms with Crippen LogP contribution in [0.2, 0.25) is 0 Å². The summed E-state index contributed by atoms with van der Waals surface area (Å²) < 4.78 is 42.5. The van der Waals surface area contributed by atoms with E-state index in [2.05, 4.69) is 10.3 Å². The molecule has 3 aromatic rings. The average Bonchev–Trinajstić information content (AvgIpc) is 3.57. The number of fused-ring (bicyclic) bond motifs is 1. The molecule has 1 saturated heterocycles. The quantitative estimate of drug-likeness (QED) is 0.429. The van der Waals surface area contributed by atoms with E-state index in [9.17, 15) is 32.8 Å². The van der Waals surface area contributed by atoms with Crippen molar-refractivity contribution >= 4 is 29.2 Å². The number of hydrogen-bond acceptors (Lipinski definition) is 5. The fraction of sp³-hybridized carbons (Fsp3) is 0.364. The number of nitrogens with zero attached hydrogens (tertiary/aromatic N) is 4. The zero-order valence-electron chi connectivity index (χ0n) is 24.2. The molecule has 3 aliphatic rings. The van der Waals surface area contributed by atoms with Crippen LogP contribution in [0.4, 0.5) is 24.7 Å². The van der Waals surface area contributed by atoms with Crippen molar-refractivity contribution < 1.29 is 27.6 Å². The highest BCUT2D eigenvalue weighted by Crippen LogP contribution is 2.49. The molecule has 0 spiro atoms. The Labute approximate surface area is 252 Å². The summed E-state index contributed by atoms with van der Waals surface area (Å²) in [6, 6.07) is 12.1. The molecule has 0 radical (unpaired) electrons. The molecule has 8 nitrogen and oxygen atoms in total. The van der Waals surface area contributed by atoms with E-state index < -0.39 is 54.0 Å². The van der Waals surface area contributed by atoms with Crippen LogP contribution in [0.5, 0.6) is 0 Å². The standard InChI is InChI=1S/C33H30F3N5O3/c1-19-6-7-20(2)29-25(19)10-12-33(29,31(44)39-23-16-32(35,36)17-23)41(24-5-3-4-22(34)15-24)30(43)26-8-9-28(42)40(26)27-14-21(18-37)11-13-38-27/h3-7,11,13-15,23,26H,8-10,12,16-17H2,1-2H3,(H,39,44)/t26?,33-/m0/s1. The van der Waals surface area contributed by atoms with Crippen molar-refractivity contribution in [3.63, 3.8) is 0 Å². The number of aryl methyl sites for hydroxylation is 2. The first-order valence-electron chi connectivity index (χ1n) is 14.5. The fourth-order valence-electron chi connectivity index (χ4n) is 6.94. The van der Waals surface area contributed by atoms with Crippen molar-refractivity contribution in [3.8, 4) is 6.07 Å². The summed E-state index contributed by atoms with van der Waals surface area (Å²) in [6.07, 6.45) is 0.963. The number of anilines is 2. The van der Waals surface area contributed by atoms with E-state index >= 15 is 0 Å². The van der Waals surface area contributed by atoms with Gasteiger partial charge in [0.15, 0.2) is 5.54 Å². The zero-order valence-corrected chi connectivity index (χ0v) is 24.2. The molecule has 44 heavy (non-hydrogen) atoms. The van der Waals surface area contributed by atoms with Crippen molar-refractivity contribution in [2.75, 3.05) is 9.80 Å². The highest BCUT2D eigenvalue weighted by atomic mass is 19.3. The number of halogens is 3. The van der Waals surface area contributed by atoms with Crippen LogP contribution in [-0.4, -0.2) is 40.7 Å². The maximum Gasteiger partial charge on any atom is 0.252 e. The van der Waals surface area contributed by atoms with Gasteiger partial charge in [0.2, 0.25) is 5.91 Å². The molecule has 226 valence electrons. The second-order valence-corrected chi connectivity index (χ2v) is 11.8. The highest BCUT2D eigenvalue weighted by Gasteiger charge is 2.57. The molecule has 1 aliphatic heterocycles. The van der Waals surface area contributed by atoms with Crippen LogP contribution in [-0.2, 0) is 26.3 Å². The molecule has 2 aromatic carbocycles. The summed E-state index contributed by atoms with van der Waals surface area (Å²) in [5, 5.41) is 12.2. The van der Waals surface area contributed by atoms with Crippen LogP contribution in [0.3, 0.4) is 0 Å². The topological polar surface area (TPSA) is 106 Å². The first kappa shape index (κ1) is 29.4. The van der Waals surface area contributed by atoms with E-state index in [0.29, 0.717) is 17.5 Å². The van der Waals surface area contributed by atoms with Gasteiger partial charge in [-0.3, -0.25) is 24.2 Å². The lowest BCUT2D eigenvalue weighted by atomic mass is 9.81. The number of nitrogens with one attached hydrogen (secondary N) is 1. The molecule has 11 heteroatoms. The second kappa shape index (κ2) is 10.8. The lowest BCUT2D eigenvalue weighted by Gasteiger charge is -2.45. The first-order chi connectivity index (χ1) is 20.9. The van der Waals surface area contributed by atoms with Crippen molar-refractivity contribution in [3.05, 3.63) is 88.4 Å². The molecule has 3 amide bonds. The molecule has 2 atom stereocenters. The number of benzene rings is 2. The Morgan fingerprint density at radius 3 is 2.55 bits per heavy atom. The summed E-state index contributed by atoms with van der Waals surface area (Å²) in [7, 11) is 0. The van der Waals surface area contributed by atoms with E-state index in [0.717, 1.165) is 17.2 Å². The number of amides is 3. The Morgan fingerprint density at radius 1 is 1.09 bits per heavy atom. The number of alkyl halides is 2. The van der Waals surface area contributed by atoms with Gasteiger partial charge in [0.05, 0.1) is 11.6 Å². The molecule has 1 aromatic heterocycles. The number of carbonyl (C=O) groups is 3. The SMILES string of the molecule is Cc1ccc(C)c2c1CC[C@]2(C(=O)NC1CC(F)(F)C1)N(C(=O)C1CCC(=O)N1c1cc(C#N)ccn1)c1cccc(F)c1. The van der Waals surface area contributed by atoms with Crippen molar-refractivity contribution in [2.24, 2.45) is 0 Å². The molecular formula is C33H30F3N5O3. The van der Waals surface area contributed by atoms with Crippen LogP contribution >= 0.6 is 0 Å². The van der Waals surface area contributed by atoms with Gasteiger partial charge in [0.25, 0.3) is 17.7 Å². The predicted octanol–water partition coefficient (Wildman–Crippen LogP) is 4.99. The van der Waals surface area contributed by atoms with Crippen molar-refractivity contribution in [2.45, 2.75) is 75.9 Å². The summed E-state index contributed by atoms with van der Waals surface area (Å²) in [4.78, 5) is 49.4. The molecule has 2 heterocycles. The van der Waals surface area contributed by atoms with Crippen molar-refractivity contribution in [1.29, 1.82) is 5.26 Å². The van der Waals surface area contributed by atoms with Crippen LogP contribution < -0.4 is 15.1 Å². The van der Waals surface area contributed by atoms with Crippen LogP contribution in [0.25, 0.3) is 0 Å². The summed E-state index contributed by atoms with van der Waals surface area (Å²) >= 11 is 0. The van der Waals surface area contributed by atoms with Gasteiger partial charge in [-0.05, 0) is 85.7 Å². The predicted molar refractivity (Wildman–Crippen MR) is 155 cm³/mol. The molecule has 1 N–H and O–H groups in total. The lowest BCUT2D eigenvalue weighted by Crippen LogP contribution is -2.64. The largest absolute Gasteiger partial charge is 0.351 e. The number of pyridine rings is 1. The summed E-state index contributed by atoms with van der Waals surface area (Å²) in [6.45, 7) is 3.72. The Kier molecular flexibility index (Phi) is 7.19. The third-order valence-corrected chi connectivity index (χ3v) is 8.99. The number of hydrogen-bond donors (Lipinski definition) is 1. The normalized spacial score (nSPS) is 22.2. The van der Waals surface area contributed by atoms with E-state index in [-0.39, 0.29) is 42.2 Å². The molecule has 2 aliphatic carbocycles.